The number of carboxylic acids is 1. The molecular formula is C16H16FN3O3. The molecule has 1 fully saturated rings. The van der Waals surface area contributed by atoms with Gasteiger partial charge in [0.1, 0.15) is 12.4 Å². The minimum absolute atomic E-state index is 0.00725. The number of nitrogens with zero attached hydrogens (tertiary/aromatic N) is 3. The van der Waals surface area contributed by atoms with Crippen molar-refractivity contribution in [3.8, 4) is 5.69 Å². The molecule has 23 heavy (non-hydrogen) atoms. The number of hydrogen-bond acceptors (Lipinski definition) is 3. The lowest BCUT2D eigenvalue weighted by molar-refractivity contribution is -0.137. The van der Waals surface area contributed by atoms with Crippen LogP contribution in [0, 0.1) is 12.7 Å². The summed E-state index contributed by atoms with van der Waals surface area (Å²) in [6.45, 7) is 1.42. The first-order valence-electron chi connectivity index (χ1n) is 7.30. The summed E-state index contributed by atoms with van der Waals surface area (Å²) < 4.78 is 14.6. The van der Waals surface area contributed by atoms with Gasteiger partial charge in [0.2, 0.25) is 0 Å². The fraction of sp³-hybridized carbons (Fsp3) is 0.312. The first-order valence-corrected chi connectivity index (χ1v) is 7.30. The Balaban J connectivity index is 1.90. The second kappa shape index (κ2) is 5.83. The normalized spacial score (nSPS) is 13.8. The molecular weight excluding hydrogens is 301 g/mol. The molecule has 2 aromatic rings. The third-order valence-corrected chi connectivity index (χ3v) is 3.87. The van der Waals surface area contributed by atoms with E-state index in [0.717, 1.165) is 12.8 Å². The van der Waals surface area contributed by atoms with Gasteiger partial charge in [-0.05, 0) is 44.0 Å². The van der Waals surface area contributed by atoms with E-state index in [1.54, 1.807) is 23.7 Å². The maximum Gasteiger partial charge on any atom is 0.323 e. The number of amides is 1. The highest BCUT2D eigenvalue weighted by Gasteiger charge is 2.35. The Hall–Kier alpha value is -2.70. The van der Waals surface area contributed by atoms with Crippen molar-refractivity contribution < 1.29 is 19.1 Å². The van der Waals surface area contributed by atoms with Crippen molar-refractivity contribution in [1.82, 2.24) is 14.7 Å². The number of carbonyl (C=O) groups is 2. The Bertz CT molecular complexity index is 750. The maximum absolute atomic E-state index is 13.0. The fourth-order valence-corrected chi connectivity index (χ4v) is 2.52. The van der Waals surface area contributed by atoms with Crippen molar-refractivity contribution in [2.75, 3.05) is 6.54 Å². The summed E-state index contributed by atoms with van der Waals surface area (Å²) >= 11 is 0. The molecule has 0 spiro atoms. The smallest absolute Gasteiger partial charge is 0.323 e. The molecule has 0 bridgehead atoms. The van der Waals surface area contributed by atoms with Crippen LogP contribution >= 0.6 is 0 Å². The molecule has 1 aromatic heterocycles. The molecule has 1 saturated carbocycles. The topological polar surface area (TPSA) is 75.4 Å². The summed E-state index contributed by atoms with van der Waals surface area (Å²) in [5.74, 6) is -1.72. The Morgan fingerprint density at radius 1 is 1.35 bits per heavy atom. The largest absolute Gasteiger partial charge is 0.480 e. The highest BCUT2D eigenvalue weighted by Crippen LogP contribution is 2.29. The minimum Gasteiger partial charge on any atom is -0.480 e. The number of carbonyl (C=O) groups excluding carboxylic acids is 1. The predicted molar refractivity (Wildman–Crippen MR) is 80.0 cm³/mol. The molecule has 1 aromatic carbocycles. The van der Waals surface area contributed by atoms with Crippen molar-refractivity contribution >= 4 is 11.9 Å². The fourth-order valence-electron chi connectivity index (χ4n) is 2.52. The van der Waals surface area contributed by atoms with E-state index in [-0.39, 0.29) is 24.3 Å². The summed E-state index contributed by atoms with van der Waals surface area (Å²) in [5.41, 5.74) is 1.60. The van der Waals surface area contributed by atoms with Gasteiger partial charge >= 0.3 is 5.97 Å². The zero-order valence-electron chi connectivity index (χ0n) is 12.6. The molecule has 6 nitrogen and oxygen atoms in total. The monoisotopic (exact) mass is 317 g/mol. The van der Waals surface area contributed by atoms with Crippen LogP contribution in [0.15, 0.2) is 30.5 Å². The van der Waals surface area contributed by atoms with Crippen LogP contribution in [0.1, 0.15) is 28.9 Å². The Kier molecular flexibility index (Phi) is 3.85. The average Bonchev–Trinajstić information content (AvgIpc) is 3.28. The van der Waals surface area contributed by atoms with Crippen LogP contribution in [0.2, 0.25) is 0 Å². The molecule has 0 atom stereocenters. The van der Waals surface area contributed by atoms with Crippen molar-refractivity contribution in [3.05, 3.63) is 47.5 Å². The number of hydrogen-bond donors (Lipinski definition) is 1. The predicted octanol–water partition coefficient (Wildman–Crippen LogP) is 2.01. The Morgan fingerprint density at radius 2 is 2.00 bits per heavy atom. The number of aliphatic carboxylic acids is 1. The summed E-state index contributed by atoms with van der Waals surface area (Å²) in [6.07, 6.45) is 3.08. The van der Waals surface area contributed by atoms with Gasteiger partial charge in [-0.2, -0.15) is 5.10 Å². The second-order valence-electron chi connectivity index (χ2n) is 5.59. The summed E-state index contributed by atoms with van der Waals surface area (Å²) in [7, 11) is 0. The lowest BCUT2D eigenvalue weighted by Crippen LogP contribution is -2.37. The van der Waals surface area contributed by atoms with E-state index in [0.29, 0.717) is 16.9 Å². The van der Waals surface area contributed by atoms with Crippen LogP contribution in [0.3, 0.4) is 0 Å². The van der Waals surface area contributed by atoms with Gasteiger partial charge in [0.05, 0.1) is 23.1 Å². The molecule has 0 saturated heterocycles. The van der Waals surface area contributed by atoms with Crippen LogP contribution in [0.25, 0.3) is 5.69 Å². The minimum atomic E-state index is -1.03. The first kappa shape index (κ1) is 15.2. The molecule has 1 aliphatic carbocycles. The number of halogens is 1. The third-order valence-electron chi connectivity index (χ3n) is 3.87. The van der Waals surface area contributed by atoms with E-state index >= 15 is 0 Å². The molecule has 0 unspecified atom stereocenters. The van der Waals surface area contributed by atoms with E-state index in [1.807, 2.05) is 0 Å². The van der Waals surface area contributed by atoms with Crippen LogP contribution in [0.5, 0.6) is 0 Å². The van der Waals surface area contributed by atoms with Gasteiger partial charge in [-0.25, -0.2) is 9.07 Å². The molecule has 0 radical (unpaired) electrons. The van der Waals surface area contributed by atoms with Crippen LogP contribution in [-0.4, -0.2) is 44.3 Å². The molecule has 3 rings (SSSR count). The number of aromatic nitrogens is 2. The van der Waals surface area contributed by atoms with Gasteiger partial charge in [-0.1, -0.05) is 0 Å². The second-order valence-corrected chi connectivity index (χ2v) is 5.59. The van der Waals surface area contributed by atoms with Crippen LogP contribution in [-0.2, 0) is 4.79 Å². The van der Waals surface area contributed by atoms with Crippen molar-refractivity contribution in [2.45, 2.75) is 25.8 Å². The highest BCUT2D eigenvalue weighted by atomic mass is 19.1. The van der Waals surface area contributed by atoms with Gasteiger partial charge in [-0.3, -0.25) is 9.59 Å². The molecule has 1 aliphatic rings. The molecule has 1 N–H and O–H groups in total. The lowest BCUT2D eigenvalue weighted by Gasteiger charge is -2.19. The van der Waals surface area contributed by atoms with Crippen molar-refractivity contribution in [2.24, 2.45) is 0 Å². The van der Waals surface area contributed by atoms with E-state index in [4.69, 9.17) is 5.11 Å². The Labute approximate surface area is 132 Å². The SMILES string of the molecule is Cc1c(C(=O)N(CC(=O)O)C2CC2)cnn1-c1ccc(F)cc1. The molecule has 1 heterocycles. The van der Waals surface area contributed by atoms with Crippen LogP contribution < -0.4 is 0 Å². The lowest BCUT2D eigenvalue weighted by atomic mass is 10.2. The van der Waals surface area contributed by atoms with E-state index in [2.05, 4.69) is 5.10 Å². The van der Waals surface area contributed by atoms with Gasteiger partial charge < -0.3 is 10.0 Å². The van der Waals surface area contributed by atoms with Crippen molar-refractivity contribution in [3.63, 3.8) is 0 Å². The highest BCUT2D eigenvalue weighted by molar-refractivity contribution is 5.97. The maximum atomic E-state index is 13.0. The quantitative estimate of drug-likeness (QED) is 0.915. The number of benzene rings is 1. The first-order chi connectivity index (χ1) is 11.0. The van der Waals surface area contributed by atoms with Crippen LogP contribution in [0.4, 0.5) is 4.39 Å². The summed E-state index contributed by atoms with van der Waals surface area (Å²) in [4.78, 5) is 25.0. The zero-order valence-corrected chi connectivity index (χ0v) is 12.6. The zero-order chi connectivity index (χ0) is 16.6. The molecule has 120 valence electrons. The number of carboxylic acid groups (broad SMARTS) is 1. The number of rotatable bonds is 5. The van der Waals surface area contributed by atoms with Gasteiger partial charge in [-0.15, -0.1) is 0 Å². The van der Waals surface area contributed by atoms with E-state index in [9.17, 15) is 14.0 Å². The third kappa shape index (κ3) is 3.08. The molecule has 0 aliphatic heterocycles. The van der Waals surface area contributed by atoms with E-state index < -0.39 is 5.97 Å². The van der Waals surface area contributed by atoms with Crippen molar-refractivity contribution in [1.29, 1.82) is 0 Å². The molecule has 7 heteroatoms. The van der Waals surface area contributed by atoms with Gasteiger partial charge in [0.15, 0.2) is 0 Å². The Morgan fingerprint density at radius 3 is 2.57 bits per heavy atom. The summed E-state index contributed by atoms with van der Waals surface area (Å²) in [6, 6.07) is 5.77. The summed E-state index contributed by atoms with van der Waals surface area (Å²) in [5, 5.41) is 13.2. The average molecular weight is 317 g/mol. The standard InChI is InChI=1S/C16H16FN3O3/c1-10-14(16(23)19(9-15(21)22)12-6-7-12)8-18-20(10)13-4-2-11(17)3-5-13/h2-5,8,12H,6-7,9H2,1H3,(H,21,22). The van der Waals surface area contributed by atoms with E-state index in [1.165, 1.54) is 23.2 Å². The molecule has 1 amide bonds. The van der Waals surface area contributed by atoms with Gasteiger partial charge in [0.25, 0.3) is 5.91 Å². The van der Waals surface area contributed by atoms with Gasteiger partial charge in [0, 0.05) is 6.04 Å².